The molecule has 0 bridgehead atoms. The van der Waals surface area contributed by atoms with Crippen LogP contribution in [0.3, 0.4) is 0 Å². The Morgan fingerprint density at radius 3 is 2.48 bits per heavy atom. The van der Waals surface area contributed by atoms with Gasteiger partial charge in [0, 0.05) is 19.6 Å². The van der Waals surface area contributed by atoms with Crippen molar-refractivity contribution in [3.05, 3.63) is 23.7 Å². The fourth-order valence-electron chi connectivity index (χ4n) is 5.73. The first-order valence-electron chi connectivity index (χ1n) is 12.1. The van der Waals surface area contributed by atoms with E-state index in [-0.39, 0.29) is 24.5 Å². The van der Waals surface area contributed by atoms with Crippen LogP contribution in [0.4, 0.5) is 0 Å². The van der Waals surface area contributed by atoms with Crippen molar-refractivity contribution < 1.29 is 19.1 Å². The Hall–Kier alpha value is -1.86. The molecule has 0 aromatic carbocycles. The summed E-state index contributed by atoms with van der Waals surface area (Å²) in [6, 6.07) is 3.33. The normalized spacial score (nSPS) is 25.2. The molecule has 1 aromatic rings. The first kappa shape index (κ1) is 22.3. The average molecular weight is 432 g/mol. The molecule has 172 valence electrons. The first-order valence-corrected chi connectivity index (χ1v) is 12.1. The van der Waals surface area contributed by atoms with Gasteiger partial charge in [0.2, 0.25) is 11.8 Å². The zero-order valence-corrected chi connectivity index (χ0v) is 18.8. The number of piperazine rings is 1. The van der Waals surface area contributed by atoms with Gasteiger partial charge < -0.3 is 19.7 Å². The lowest BCUT2D eigenvalue weighted by Crippen LogP contribution is -2.73. The van der Waals surface area contributed by atoms with Crippen LogP contribution in [0.15, 0.2) is 16.5 Å². The lowest BCUT2D eigenvalue weighted by molar-refractivity contribution is -0.162. The molecule has 1 unspecified atom stereocenters. The van der Waals surface area contributed by atoms with Gasteiger partial charge in [0.05, 0.1) is 6.54 Å². The summed E-state index contributed by atoms with van der Waals surface area (Å²) in [5.41, 5.74) is -0.716. The molecule has 1 saturated carbocycles. The van der Waals surface area contributed by atoms with Crippen molar-refractivity contribution in [3.63, 3.8) is 0 Å². The third-order valence-electron chi connectivity index (χ3n) is 7.49. The molecule has 2 N–H and O–H groups in total. The van der Waals surface area contributed by atoms with Crippen LogP contribution in [0.1, 0.15) is 76.2 Å². The molecule has 7 heteroatoms. The summed E-state index contributed by atoms with van der Waals surface area (Å²) in [7, 11) is 0. The maximum absolute atomic E-state index is 13.5. The number of nitrogens with one attached hydrogen (secondary N) is 1. The molecule has 2 aliphatic heterocycles. The van der Waals surface area contributed by atoms with E-state index >= 15 is 0 Å². The number of nitrogens with zero attached hydrogens (tertiary/aromatic N) is 2. The Kier molecular flexibility index (Phi) is 7.02. The Balaban J connectivity index is 1.42. The molecule has 0 radical (unpaired) electrons. The fraction of sp³-hybridized carbons (Fsp3) is 0.750. The van der Waals surface area contributed by atoms with Crippen molar-refractivity contribution in [2.24, 2.45) is 5.92 Å². The Bertz CT molecular complexity index is 763. The third kappa shape index (κ3) is 4.67. The molecule has 1 atom stereocenters. The van der Waals surface area contributed by atoms with E-state index in [1.165, 1.54) is 32.1 Å². The van der Waals surface area contributed by atoms with Gasteiger partial charge in [-0.2, -0.15) is 0 Å². The summed E-state index contributed by atoms with van der Waals surface area (Å²) in [5, 5.41) is 12.3. The average Bonchev–Trinajstić information content (AvgIpc) is 3.25. The molecule has 1 aromatic heterocycles. The summed E-state index contributed by atoms with van der Waals surface area (Å²) < 4.78 is 5.62. The van der Waals surface area contributed by atoms with Crippen LogP contribution in [-0.2, 0) is 22.7 Å². The molecule has 31 heavy (non-hydrogen) atoms. The molecule has 2 saturated heterocycles. The number of rotatable bonds is 7. The van der Waals surface area contributed by atoms with E-state index < -0.39 is 5.54 Å². The number of hydrogen-bond donors (Lipinski definition) is 2. The maximum atomic E-state index is 13.5. The van der Waals surface area contributed by atoms with E-state index in [0.29, 0.717) is 37.6 Å². The van der Waals surface area contributed by atoms with Crippen molar-refractivity contribution in [2.45, 2.75) is 89.4 Å². The number of piperidine rings is 1. The van der Waals surface area contributed by atoms with Gasteiger partial charge in [-0.05, 0) is 43.7 Å². The van der Waals surface area contributed by atoms with E-state index in [1.807, 2.05) is 11.0 Å². The minimum Gasteiger partial charge on any atom is -0.462 e. The quantitative estimate of drug-likeness (QED) is 0.693. The maximum Gasteiger partial charge on any atom is 0.246 e. The minimum absolute atomic E-state index is 0.0431. The van der Waals surface area contributed by atoms with Gasteiger partial charge in [-0.15, -0.1) is 0 Å². The number of likely N-dealkylation sites (tertiary alicyclic amines) is 1. The highest BCUT2D eigenvalue weighted by Gasteiger charge is 2.53. The summed E-state index contributed by atoms with van der Waals surface area (Å²) in [6.45, 7) is 4.76. The van der Waals surface area contributed by atoms with Crippen LogP contribution in [0.5, 0.6) is 0 Å². The molecular weight excluding hydrogens is 394 g/mol. The molecule has 2 amide bonds. The van der Waals surface area contributed by atoms with Crippen LogP contribution in [-0.4, -0.2) is 57.9 Å². The molecular formula is C24H37N3O4. The number of hydrogen-bond acceptors (Lipinski definition) is 5. The number of carbonyl (C=O) groups is 2. The highest BCUT2D eigenvalue weighted by molar-refractivity contribution is 6.00. The summed E-state index contributed by atoms with van der Waals surface area (Å²) >= 11 is 0. The molecule has 1 spiro atoms. The van der Waals surface area contributed by atoms with Crippen LogP contribution in [0.2, 0.25) is 0 Å². The zero-order chi connectivity index (χ0) is 21.8. The SMILES string of the molecule is CCCN1C(=O)C(CC2CCCCC2)NC(=O)C12CCN(Cc1ccc(CO)o1)CC2. The van der Waals surface area contributed by atoms with E-state index in [0.717, 1.165) is 31.7 Å². The smallest absolute Gasteiger partial charge is 0.246 e. The van der Waals surface area contributed by atoms with Crippen LogP contribution in [0.25, 0.3) is 0 Å². The van der Waals surface area contributed by atoms with E-state index in [1.54, 1.807) is 6.07 Å². The lowest BCUT2D eigenvalue weighted by Gasteiger charge is -2.52. The summed E-state index contributed by atoms with van der Waals surface area (Å²) in [6.07, 6.45) is 9.08. The molecule has 1 aliphatic carbocycles. The Morgan fingerprint density at radius 2 is 1.84 bits per heavy atom. The van der Waals surface area contributed by atoms with Gasteiger partial charge in [0.15, 0.2) is 0 Å². The predicted octanol–water partition coefficient (Wildman–Crippen LogP) is 2.81. The molecule has 3 heterocycles. The van der Waals surface area contributed by atoms with E-state index in [4.69, 9.17) is 4.42 Å². The van der Waals surface area contributed by atoms with E-state index in [2.05, 4.69) is 17.1 Å². The fourth-order valence-corrected chi connectivity index (χ4v) is 5.73. The summed E-state index contributed by atoms with van der Waals surface area (Å²) in [5.74, 6) is 2.11. The molecule has 3 aliphatic rings. The number of carbonyl (C=O) groups excluding carboxylic acids is 2. The van der Waals surface area contributed by atoms with Gasteiger partial charge in [-0.3, -0.25) is 14.5 Å². The van der Waals surface area contributed by atoms with Crippen molar-refractivity contribution in [3.8, 4) is 0 Å². The number of aliphatic hydroxyl groups is 1. The van der Waals surface area contributed by atoms with Crippen molar-refractivity contribution in [1.82, 2.24) is 15.1 Å². The topological polar surface area (TPSA) is 86.0 Å². The van der Waals surface area contributed by atoms with Crippen molar-refractivity contribution in [1.29, 1.82) is 0 Å². The standard InChI is InChI=1S/C24H37N3O4/c1-2-12-27-22(29)21(15-18-6-4-3-5-7-18)25-23(30)24(27)10-13-26(14-11-24)16-19-8-9-20(17-28)31-19/h8-9,18,21,28H,2-7,10-17H2,1H3,(H,25,30). The second-order valence-electron chi connectivity index (χ2n) is 9.59. The Morgan fingerprint density at radius 1 is 1.13 bits per heavy atom. The highest BCUT2D eigenvalue weighted by Crippen LogP contribution is 2.36. The second-order valence-corrected chi connectivity index (χ2v) is 9.59. The number of furan rings is 1. The van der Waals surface area contributed by atoms with Gasteiger partial charge in [0.25, 0.3) is 0 Å². The zero-order valence-electron chi connectivity index (χ0n) is 18.8. The third-order valence-corrected chi connectivity index (χ3v) is 7.49. The van der Waals surface area contributed by atoms with Crippen LogP contribution >= 0.6 is 0 Å². The second kappa shape index (κ2) is 9.74. The number of amides is 2. The van der Waals surface area contributed by atoms with Gasteiger partial charge in [0.1, 0.15) is 29.7 Å². The van der Waals surface area contributed by atoms with Gasteiger partial charge in [-0.25, -0.2) is 0 Å². The molecule has 4 rings (SSSR count). The van der Waals surface area contributed by atoms with Crippen LogP contribution in [0, 0.1) is 5.92 Å². The number of aliphatic hydroxyl groups excluding tert-OH is 1. The highest BCUT2D eigenvalue weighted by atomic mass is 16.4. The Labute approximate surface area is 185 Å². The van der Waals surface area contributed by atoms with Gasteiger partial charge >= 0.3 is 0 Å². The largest absolute Gasteiger partial charge is 0.462 e. The minimum atomic E-state index is -0.716. The summed E-state index contributed by atoms with van der Waals surface area (Å²) in [4.78, 5) is 31.1. The lowest BCUT2D eigenvalue weighted by atomic mass is 9.79. The van der Waals surface area contributed by atoms with E-state index in [9.17, 15) is 14.7 Å². The molecule has 7 nitrogen and oxygen atoms in total. The van der Waals surface area contributed by atoms with Crippen molar-refractivity contribution >= 4 is 11.8 Å². The first-order chi connectivity index (χ1) is 15.1. The monoisotopic (exact) mass is 431 g/mol. The molecule has 3 fully saturated rings. The van der Waals surface area contributed by atoms with Gasteiger partial charge in [-0.1, -0.05) is 39.0 Å². The van der Waals surface area contributed by atoms with Crippen LogP contribution < -0.4 is 5.32 Å². The predicted molar refractivity (Wildman–Crippen MR) is 117 cm³/mol. The van der Waals surface area contributed by atoms with Crippen molar-refractivity contribution in [2.75, 3.05) is 19.6 Å².